The Hall–Kier alpha value is -1.51. The second-order valence-corrected chi connectivity index (χ2v) is 7.14. The van der Waals surface area contributed by atoms with Crippen molar-refractivity contribution in [2.45, 2.75) is 29.9 Å². The van der Waals surface area contributed by atoms with Gasteiger partial charge in [-0.3, -0.25) is 0 Å². The largest absolute Gasteiger partial charge is 0.478 e. The fourth-order valence-corrected chi connectivity index (χ4v) is 4.34. The highest BCUT2D eigenvalue weighted by Gasteiger charge is 2.40. The monoisotopic (exact) mass is 315 g/mol. The van der Waals surface area contributed by atoms with Crippen LogP contribution in [0, 0.1) is 5.82 Å². The maximum Gasteiger partial charge on any atom is 0.335 e. The molecule has 0 spiro atoms. The van der Waals surface area contributed by atoms with Crippen LogP contribution in [0.5, 0.6) is 0 Å². The molecule has 2 fully saturated rings. The second kappa shape index (κ2) is 5.04. The molecule has 2 aliphatic heterocycles. The molecule has 2 heterocycles. The summed E-state index contributed by atoms with van der Waals surface area (Å²) in [6.45, 7) is 0.352. The van der Waals surface area contributed by atoms with E-state index < -0.39 is 26.7 Å². The zero-order valence-corrected chi connectivity index (χ0v) is 11.8. The van der Waals surface area contributed by atoms with E-state index in [1.54, 1.807) is 0 Å². The molecule has 2 unspecified atom stereocenters. The van der Waals surface area contributed by atoms with Crippen molar-refractivity contribution in [2.75, 3.05) is 13.1 Å². The van der Waals surface area contributed by atoms with E-state index in [1.807, 2.05) is 0 Å². The summed E-state index contributed by atoms with van der Waals surface area (Å²) in [6.07, 6.45) is 1.25. The van der Waals surface area contributed by atoms with Crippen LogP contribution >= 0.6 is 0 Å². The molecule has 21 heavy (non-hydrogen) atoms. The maximum absolute atomic E-state index is 13.9. The van der Waals surface area contributed by atoms with E-state index in [4.69, 9.17) is 9.84 Å². The molecule has 1 aromatic rings. The van der Waals surface area contributed by atoms with Gasteiger partial charge >= 0.3 is 5.97 Å². The van der Waals surface area contributed by atoms with Crippen molar-refractivity contribution in [3.05, 3.63) is 29.6 Å². The van der Waals surface area contributed by atoms with Crippen LogP contribution in [0.25, 0.3) is 0 Å². The summed E-state index contributed by atoms with van der Waals surface area (Å²) in [5, 5.41) is 8.92. The molecule has 1 N–H and O–H groups in total. The number of halogens is 1. The molecule has 114 valence electrons. The third-order valence-corrected chi connectivity index (χ3v) is 5.65. The molecular weight excluding hydrogens is 301 g/mol. The normalized spacial score (nSPS) is 26.0. The minimum Gasteiger partial charge on any atom is -0.478 e. The number of morpholine rings is 1. The van der Waals surface area contributed by atoms with Crippen molar-refractivity contribution in [3.8, 4) is 0 Å². The zero-order chi connectivity index (χ0) is 15.2. The minimum atomic E-state index is -4.06. The summed E-state index contributed by atoms with van der Waals surface area (Å²) >= 11 is 0. The van der Waals surface area contributed by atoms with Gasteiger partial charge in [0, 0.05) is 13.1 Å². The lowest BCUT2D eigenvalue weighted by Crippen LogP contribution is -2.45. The number of ether oxygens (including phenoxy) is 1. The molecule has 6 nitrogen and oxygen atoms in total. The van der Waals surface area contributed by atoms with E-state index >= 15 is 0 Å². The average Bonchev–Trinajstić information content (AvgIpc) is 2.77. The molecule has 0 aliphatic carbocycles. The van der Waals surface area contributed by atoms with E-state index in [1.165, 1.54) is 4.31 Å². The summed E-state index contributed by atoms with van der Waals surface area (Å²) in [5.41, 5.74) is -0.258. The Kier molecular flexibility index (Phi) is 3.46. The van der Waals surface area contributed by atoms with Crippen molar-refractivity contribution < 1.29 is 27.4 Å². The molecule has 8 heteroatoms. The van der Waals surface area contributed by atoms with Gasteiger partial charge in [0.15, 0.2) is 0 Å². The van der Waals surface area contributed by atoms with Gasteiger partial charge in [-0.1, -0.05) is 0 Å². The van der Waals surface area contributed by atoms with Crippen LogP contribution in [0.3, 0.4) is 0 Å². The first-order chi connectivity index (χ1) is 9.88. The number of aromatic carboxylic acids is 1. The van der Waals surface area contributed by atoms with Gasteiger partial charge < -0.3 is 9.84 Å². The van der Waals surface area contributed by atoms with E-state index in [0.717, 1.165) is 31.0 Å². The number of hydrogen-bond acceptors (Lipinski definition) is 4. The number of benzene rings is 1. The van der Waals surface area contributed by atoms with Gasteiger partial charge in [-0.25, -0.2) is 17.6 Å². The van der Waals surface area contributed by atoms with E-state index in [9.17, 15) is 17.6 Å². The van der Waals surface area contributed by atoms with Crippen LogP contribution in [-0.2, 0) is 14.8 Å². The van der Waals surface area contributed by atoms with Crippen molar-refractivity contribution in [3.63, 3.8) is 0 Å². The molecular formula is C13H14FNO5S. The number of carboxylic acid groups (broad SMARTS) is 1. The van der Waals surface area contributed by atoms with Gasteiger partial charge in [0.25, 0.3) is 0 Å². The number of carbonyl (C=O) groups is 1. The fourth-order valence-electron chi connectivity index (χ4n) is 2.75. The Morgan fingerprint density at radius 2 is 1.90 bits per heavy atom. The molecule has 2 saturated heterocycles. The highest BCUT2D eigenvalue weighted by molar-refractivity contribution is 7.89. The van der Waals surface area contributed by atoms with Gasteiger partial charge in [-0.05, 0) is 31.0 Å². The van der Waals surface area contributed by atoms with Crippen LogP contribution < -0.4 is 0 Å². The molecule has 0 amide bonds. The number of carboxylic acids is 1. The van der Waals surface area contributed by atoms with Crippen molar-refractivity contribution >= 4 is 16.0 Å². The molecule has 0 saturated carbocycles. The Labute approximate surface area is 121 Å². The van der Waals surface area contributed by atoms with Gasteiger partial charge in [-0.2, -0.15) is 4.31 Å². The van der Waals surface area contributed by atoms with Gasteiger partial charge in [-0.15, -0.1) is 0 Å². The topological polar surface area (TPSA) is 83.9 Å². The Morgan fingerprint density at radius 3 is 2.48 bits per heavy atom. The Bertz CT molecular complexity index is 678. The van der Waals surface area contributed by atoms with Crippen molar-refractivity contribution in [1.29, 1.82) is 0 Å². The summed E-state index contributed by atoms with van der Waals surface area (Å²) in [5.74, 6) is -2.24. The van der Waals surface area contributed by atoms with E-state index in [2.05, 4.69) is 0 Å². The zero-order valence-electron chi connectivity index (χ0n) is 11.0. The molecule has 3 rings (SSSR count). The smallest absolute Gasteiger partial charge is 0.335 e. The number of rotatable bonds is 3. The lowest BCUT2D eigenvalue weighted by Gasteiger charge is -2.31. The molecule has 2 aliphatic rings. The summed E-state index contributed by atoms with van der Waals surface area (Å²) in [7, 11) is -4.06. The lowest BCUT2D eigenvalue weighted by atomic mass is 10.2. The second-order valence-electron chi connectivity index (χ2n) is 5.23. The number of sulfonamides is 1. The number of nitrogens with zero attached hydrogens (tertiary/aromatic N) is 1. The highest BCUT2D eigenvalue weighted by Crippen LogP contribution is 2.30. The Morgan fingerprint density at radius 1 is 1.29 bits per heavy atom. The summed E-state index contributed by atoms with van der Waals surface area (Å²) in [4.78, 5) is 10.3. The standard InChI is InChI=1S/C13H14FNO5S/c14-11-4-1-8(13(16)17)5-12(11)21(18,19)15-6-9-2-3-10(7-15)20-9/h1,4-5,9-10H,2-3,6-7H2,(H,16,17). The third kappa shape index (κ3) is 2.54. The van der Waals surface area contributed by atoms with Crippen LogP contribution in [0.4, 0.5) is 4.39 Å². The van der Waals surface area contributed by atoms with Gasteiger partial charge in [0.1, 0.15) is 10.7 Å². The molecule has 2 bridgehead atoms. The maximum atomic E-state index is 13.9. The molecule has 1 aromatic carbocycles. The van der Waals surface area contributed by atoms with Gasteiger partial charge in [0.05, 0.1) is 17.8 Å². The first-order valence-electron chi connectivity index (χ1n) is 6.56. The van der Waals surface area contributed by atoms with E-state index in [0.29, 0.717) is 0 Å². The fraction of sp³-hybridized carbons (Fsp3) is 0.462. The Balaban J connectivity index is 1.98. The predicted octanol–water partition coefficient (Wildman–Crippen LogP) is 1.08. The van der Waals surface area contributed by atoms with E-state index in [-0.39, 0.29) is 30.9 Å². The third-order valence-electron chi connectivity index (χ3n) is 3.81. The highest BCUT2D eigenvalue weighted by atomic mass is 32.2. The van der Waals surface area contributed by atoms with Crippen molar-refractivity contribution in [1.82, 2.24) is 4.31 Å². The van der Waals surface area contributed by atoms with Crippen LogP contribution in [0.15, 0.2) is 23.1 Å². The van der Waals surface area contributed by atoms with Crippen molar-refractivity contribution in [2.24, 2.45) is 0 Å². The molecule has 0 aromatic heterocycles. The number of hydrogen-bond donors (Lipinski definition) is 1. The summed E-state index contributed by atoms with van der Waals surface area (Å²) in [6, 6.07) is 2.77. The summed E-state index contributed by atoms with van der Waals surface area (Å²) < 4.78 is 45.7. The van der Waals surface area contributed by atoms with Crippen LogP contribution in [0.2, 0.25) is 0 Å². The van der Waals surface area contributed by atoms with Crippen LogP contribution in [0.1, 0.15) is 23.2 Å². The lowest BCUT2D eigenvalue weighted by molar-refractivity contribution is -0.0115. The van der Waals surface area contributed by atoms with Crippen LogP contribution in [-0.4, -0.2) is 49.1 Å². The SMILES string of the molecule is O=C(O)c1ccc(F)c(S(=O)(=O)N2CC3CCC(C2)O3)c1. The quantitative estimate of drug-likeness (QED) is 0.902. The molecule has 2 atom stereocenters. The molecule has 0 radical (unpaired) electrons. The first-order valence-corrected chi connectivity index (χ1v) is 8.00. The van der Waals surface area contributed by atoms with Gasteiger partial charge in [0.2, 0.25) is 10.0 Å². The number of fused-ring (bicyclic) bond motifs is 2. The minimum absolute atomic E-state index is 0.163. The predicted molar refractivity (Wildman–Crippen MR) is 70.0 cm³/mol. The average molecular weight is 315 g/mol. The first kappa shape index (κ1) is 14.4.